The molecule has 20 heavy (non-hydrogen) atoms. The third kappa shape index (κ3) is 3.19. The molecule has 4 nitrogen and oxygen atoms in total. The van der Waals surface area contributed by atoms with E-state index < -0.39 is 0 Å². The van der Waals surface area contributed by atoms with Crippen LogP contribution in [0, 0.1) is 0 Å². The minimum atomic E-state index is 0.189. The van der Waals surface area contributed by atoms with Crippen molar-refractivity contribution in [3.05, 3.63) is 30.6 Å². The topological polar surface area (TPSA) is 53.1 Å². The van der Waals surface area contributed by atoms with Crippen molar-refractivity contribution in [3.8, 4) is 0 Å². The van der Waals surface area contributed by atoms with Crippen LogP contribution in [0.4, 0.5) is 0 Å². The third-order valence-electron chi connectivity index (χ3n) is 4.08. The van der Waals surface area contributed by atoms with E-state index in [9.17, 15) is 0 Å². The zero-order valence-corrected chi connectivity index (χ0v) is 11.9. The maximum atomic E-state index is 6.25. The lowest BCUT2D eigenvalue weighted by Crippen LogP contribution is -2.26. The molecule has 2 unspecified atom stereocenters. The largest absolute Gasteiger partial charge is 0.378 e. The van der Waals surface area contributed by atoms with Crippen molar-refractivity contribution in [1.29, 1.82) is 0 Å². The first kappa shape index (κ1) is 13.6. The molecule has 0 aliphatic carbocycles. The molecule has 3 rings (SSSR count). The van der Waals surface area contributed by atoms with Crippen LogP contribution in [0.1, 0.15) is 32.1 Å². The standard InChI is InChI=1S/C16H23N3O/c17-13(5-3-6-14-7-4-10-20-14)11-19-12-18-15-8-1-2-9-16(15)19/h1-2,8-9,12-14H,3-7,10-11,17H2. The van der Waals surface area contributed by atoms with Crippen LogP contribution in [0.15, 0.2) is 30.6 Å². The summed E-state index contributed by atoms with van der Waals surface area (Å²) in [5, 5.41) is 0. The SMILES string of the molecule is NC(CCCC1CCCO1)Cn1cnc2ccccc21. The van der Waals surface area contributed by atoms with E-state index in [4.69, 9.17) is 10.5 Å². The summed E-state index contributed by atoms with van der Waals surface area (Å²) in [6.07, 6.45) is 8.17. The molecule has 0 radical (unpaired) electrons. The average molecular weight is 273 g/mol. The van der Waals surface area contributed by atoms with Gasteiger partial charge in [-0.25, -0.2) is 4.98 Å². The van der Waals surface area contributed by atoms with Crippen molar-refractivity contribution >= 4 is 11.0 Å². The average Bonchev–Trinajstić information content (AvgIpc) is 3.09. The number of ether oxygens (including phenoxy) is 1. The molecule has 1 aromatic heterocycles. The fourth-order valence-electron chi connectivity index (χ4n) is 2.98. The van der Waals surface area contributed by atoms with Gasteiger partial charge in [0.15, 0.2) is 0 Å². The second-order valence-corrected chi connectivity index (χ2v) is 5.71. The molecular weight excluding hydrogens is 250 g/mol. The zero-order chi connectivity index (χ0) is 13.8. The summed E-state index contributed by atoms with van der Waals surface area (Å²) in [5.74, 6) is 0. The van der Waals surface area contributed by atoms with Crippen molar-refractivity contribution in [1.82, 2.24) is 9.55 Å². The Labute approximate surface area is 119 Å². The van der Waals surface area contributed by atoms with Gasteiger partial charge in [0.2, 0.25) is 0 Å². The molecule has 2 N–H and O–H groups in total. The van der Waals surface area contributed by atoms with Crippen molar-refractivity contribution in [2.45, 2.75) is 50.8 Å². The number of hydrogen-bond donors (Lipinski definition) is 1. The molecule has 2 aromatic rings. The summed E-state index contributed by atoms with van der Waals surface area (Å²) < 4.78 is 7.80. The van der Waals surface area contributed by atoms with Crippen LogP contribution in [-0.2, 0) is 11.3 Å². The number of imidazole rings is 1. The molecule has 1 aliphatic rings. The van der Waals surface area contributed by atoms with Gasteiger partial charge in [-0.05, 0) is 44.2 Å². The van der Waals surface area contributed by atoms with Crippen LogP contribution < -0.4 is 5.73 Å². The second-order valence-electron chi connectivity index (χ2n) is 5.71. The molecule has 0 bridgehead atoms. The molecule has 0 saturated carbocycles. The third-order valence-corrected chi connectivity index (χ3v) is 4.08. The van der Waals surface area contributed by atoms with Crippen LogP contribution >= 0.6 is 0 Å². The number of nitrogens with two attached hydrogens (primary N) is 1. The predicted molar refractivity (Wildman–Crippen MR) is 80.5 cm³/mol. The molecular formula is C16H23N3O. The molecule has 1 saturated heterocycles. The van der Waals surface area contributed by atoms with Crippen LogP contribution in [0.3, 0.4) is 0 Å². The fraction of sp³-hybridized carbons (Fsp3) is 0.562. The summed E-state index contributed by atoms with van der Waals surface area (Å²) in [6.45, 7) is 1.78. The Morgan fingerprint density at radius 2 is 2.30 bits per heavy atom. The predicted octanol–water partition coefficient (Wildman–Crippen LogP) is 2.71. The first-order chi connectivity index (χ1) is 9.83. The molecule has 4 heteroatoms. The van der Waals surface area contributed by atoms with E-state index in [1.165, 1.54) is 18.4 Å². The van der Waals surface area contributed by atoms with Gasteiger partial charge in [0.1, 0.15) is 0 Å². The van der Waals surface area contributed by atoms with Crippen LogP contribution in [0.25, 0.3) is 11.0 Å². The first-order valence-electron chi connectivity index (χ1n) is 7.60. The molecule has 1 aromatic carbocycles. The van der Waals surface area contributed by atoms with E-state index in [1.807, 2.05) is 24.5 Å². The number of hydrogen-bond acceptors (Lipinski definition) is 3. The van der Waals surface area contributed by atoms with E-state index in [2.05, 4.69) is 15.6 Å². The van der Waals surface area contributed by atoms with Crippen LogP contribution in [0.2, 0.25) is 0 Å². The van der Waals surface area contributed by atoms with Gasteiger partial charge in [-0.1, -0.05) is 12.1 Å². The molecule has 1 fully saturated rings. The molecule has 2 heterocycles. The van der Waals surface area contributed by atoms with Crippen molar-refractivity contribution in [2.75, 3.05) is 6.61 Å². The van der Waals surface area contributed by atoms with Gasteiger partial charge in [-0.15, -0.1) is 0 Å². The highest BCUT2D eigenvalue weighted by Gasteiger charge is 2.15. The fourth-order valence-corrected chi connectivity index (χ4v) is 2.98. The Bertz CT molecular complexity index is 545. The number of para-hydroxylation sites is 2. The monoisotopic (exact) mass is 273 g/mol. The summed E-state index contributed by atoms with van der Waals surface area (Å²) >= 11 is 0. The smallest absolute Gasteiger partial charge is 0.0958 e. The molecule has 0 amide bonds. The highest BCUT2D eigenvalue weighted by molar-refractivity contribution is 5.74. The molecule has 0 spiro atoms. The Kier molecular flexibility index (Phi) is 4.33. The van der Waals surface area contributed by atoms with Gasteiger partial charge in [-0.3, -0.25) is 0 Å². The first-order valence-corrected chi connectivity index (χ1v) is 7.60. The van der Waals surface area contributed by atoms with Crippen molar-refractivity contribution in [2.24, 2.45) is 5.73 Å². The van der Waals surface area contributed by atoms with Gasteiger partial charge >= 0.3 is 0 Å². The van der Waals surface area contributed by atoms with Gasteiger partial charge in [-0.2, -0.15) is 0 Å². The number of benzene rings is 1. The summed E-state index contributed by atoms with van der Waals surface area (Å²) in [4.78, 5) is 4.40. The van der Waals surface area contributed by atoms with Gasteiger partial charge in [0.25, 0.3) is 0 Å². The van der Waals surface area contributed by atoms with E-state index in [0.717, 1.165) is 37.9 Å². The second kappa shape index (κ2) is 6.37. The minimum absolute atomic E-state index is 0.189. The van der Waals surface area contributed by atoms with Gasteiger partial charge < -0.3 is 15.0 Å². The number of fused-ring (bicyclic) bond motifs is 1. The number of rotatable bonds is 6. The number of aromatic nitrogens is 2. The lowest BCUT2D eigenvalue weighted by atomic mass is 10.1. The van der Waals surface area contributed by atoms with E-state index in [0.29, 0.717) is 6.10 Å². The maximum Gasteiger partial charge on any atom is 0.0958 e. The maximum absolute atomic E-state index is 6.25. The lowest BCUT2D eigenvalue weighted by Gasteiger charge is -2.14. The molecule has 108 valence electrons. The summed E-state index contributed by atoms with van der Waals surface area (Å²) in [6, 6.07) is 8.38. The van der Waals surface area contributed by atoms with Crippen molar-refractivity contribution < 1.29 is 4.74 Å². The van der Waals surface area contributed by atoms with E-state index in [1.54, 1.807) is 0 Å². The summed E-state index contributed by atoms with van der Waals surface area (Å²) in [5.41, 5.74) is 8.46. The quantitative estimate of drug-likeness (QED) is 0.880. The lowest BCUT2D eigenvalue weighted by molar-refractivity contribution is 0.101. The van der Waals surface area contributed by atoms with Crippen LogP contribution in [-0.4, -0.2) is 28.3 Å². The van der Waals surface area contributed by atoms with E-state index in [-0.39, 0.29) is 6.04 Å². The van der Waals surface area contributed by atoms with Gasteiger partial charge in [0.05, 0.1) is 23.5 Å². The Morgan fingerprint density at radius 3 is 3.15 bits per heavy atom. The Morgan fingerprint density at radius 1 is 1.40 bits per heavy atom. The Hall–Kier alpha value is -1.39. The zero-order valence-electron chi connectivity index (χ0n) is 11.9. The van der Waals surface area contributed by atoms with Crippen LogP contribution in [0.5, 0.6) is 0 Å². The highest BCUT2D eigenvalue weighted by atomic mass is 16.5. The number of nitrogens with zero attached hydrogens (tertiary/aromatic N) is 2. The minimum Gasteiger partial charge on any atom is -0.378 e. The van der Waals surface area contributed by atoms with Crippen molar-refractivity contribution in [3.63, 3.8) is 0 Å². The molecule has 2 atom stereocenters. The van der Waals surface area contributed by atoms with Gasteiger partial charge in [0, 0.05) is 19.2 Å². The summed E-state index contributed by atoms with van der Waals surface area (Å²) in [7, 11) is 0. The molecule has 1 aliphatic heterocycles. The van der Waals surface area contributed by atoms with E-state index >= 15 is 0 Å². The Balaban J connectivity index is 1.49. The highest BCUT2D eigenvalue weighted by Crippen LogP contribution is 2.18. The normalized spacial score (nSPS) is 20.6.